The molecule has 0 radical (unpaired) electrons. The minimum absolute atomic E-state index is 0.0493. The second kappa shape index (κ2) is 8.14. The second-order valence-electron chi connectivity index (χ2n) is 8.21. The maximum atomic E-state index is 13.2. The Balaban J connectivity index is 1.61. The van der Waals surface area contributed by atoms with Crippen molar-refractivity contribution < 1.29 is 13.2 Å². The Morgan fingerprint density at radius 1 is 1.03 bits per heavy atom. The average Bonchev–Trinajstić information content (AvgIpc) is 3.23. The first kappa shape index (κ1) is 20.8. The molecule has 0 saturated heterocycles. The summed E-state index contributed by atoms with van der Waals surface area (Å²) in [6, 6.07) is 12.9. The van der Waals surface area contributed by atoms with Crippen LogP contribution in [-0.4, -0.2) is 41.4 Å². The highest BCUT2D eigenvalue weighted by Gasteiger charge is 2.26. The highest BCUT2D eigenvalue weighted by atomic mass is 32.2. The van der Waals surface area contributed by atoms with Crippen LogP contribution >= 0.6 is 0 Å². The molecule has 0 amide bonds. The summed E-state index contributed by atoms with van der Waals surface area (Å²) in [5.41, 5.74) is 2.07. The monoisotopic (exact) mass is 451 g/mol. The van der Waals surface area contributed by atoms with E-state index in [1.54, 1.807) is 22.7 Å². The third kappa shape index (κ3) is 3.61. The normalized spacial score (nSPS) is 15.4. The molecule has 9 heteroatoms. The number of nitrogens with zero attached hydrogens (tertiary/aromatic N) is 4. The molecule has 2 aromatic carbocycles. The van der Waals surface area contributed by atoms with Crippen molar-refractivity contribution in [3.63, 3.8) is 0 Å². The number of hydrogen-bond donors (Lipinski definition) is 1. The number of hydrogen-bond acceptors (Lipinski definition) is 6. The number of aryl methyl sites for hydroxylation is 1. The number of nitrogens with one attached hydrogen (secondary N) is 1. The van der Waals surface area contributed by atoms with Gasteiger partial charge in [0.05, 0.1) is 12.8 Å². The fourth-order valence-electron chi connectivity index (χ4n) is 4.45. The zero-order valence-corrected chi connectivity index (χ0v) is 18.9. The minimum atomic E-state index is -3.77. The summed E-state index contributed by atoms with van der Waals surface area (Å²) in [6.07, 6.45) is 4.93. The van der Waals surface area contributed by atoms with Crippen LogP contribution < -0.4 is 9.46 Å². The Morgan fingerprint density at radius 2 is 1.78 bits per heavy atom. The van der Waals surface area contributed by atoms with Crippen molar-refractivity contribution in [3.8, 4) is 17.1 Å². The topological polar surface area (TPSA) is 98.5 Å². The lowest BCUT2D eigenvalue weighted by molar-refractivity contribution is 0.397. The van der Waals surface area contributed by atoms with Gasteiger partial charge in [-0.2, -0.15) is 9.61 Å². The van der Waals surface area contributed by atoms with Gasteiger partial charge in [-0.05, 0) is 38.0 Å². The standard InChI is InChI=1S/C23H25N5O3S/c1-15-18-10-6-7-11-19(18)23-25-24-22(28(23)26-15)16-12-13-20(31-2)21(14-16)32(29,30)27-17-8-4-3-5-9-17/h6-7,10-14,17,27H,3-5,8-9H2,1-2H3. The molecule has 166 valence electrons. The molecule has 8 nitrogen and oxygen atoms in total. The zero-order valence-electron chi connectivity index (χ0n) is 18.1. The molecule has 0 atom stereocenters. The number of sulfonamides is 1. The van der Waals surface area contributed by atoms with Gasteiger partial charge in [0, 0.05) is 22.4 Å². The Labute approximate surface area is 186 Å². The van der Waals surface area contributed by atoms with E-state index in [-0.39, 0.29) is 10.9 Å². The molecule has 1 aliphatic rings. The van der Waals surface area contributed by atoms with Gasteiger partial charge in [-0.3, -0.25) is 0 Å². The van der Waals surface area contributed by atoms with Crippen LogP contribution in [0.4, 0.5) is 0 Å². The van der Waals surface area contributed by atoms with Gasteiger partial charge in [0.15, 0.2) is 11.5 Å². The summed E-state index contributed by atoms with van der Waals surface area (Å²) >= 11 is 0. The summed E-state index contributed by atoms with van der Waals surface area (Å²) in [6.45, 7) is 1.93. The molecule has 2 aromatic heterocycles. The maximum absolute atomic E-state index is 13.2. The highest BCUT2D eigenvalue weighted by molar-refractivity contribution is 7.89. The van der Waals surface area contributed by atoms with Crippen molar-refractivity contribution in [1.29, 1.82) is 0 Å². The third-order valence-electron chi connectivity index (χ3n) is 6.09. The van der Waals surface area contributed by atoms with Crippen LogP contribution in [0.25, 0.3) is 27.8 Å². The fourth-order valence-corrected chi connectivity index (χ4v) is 5.95. The van der Waals surface area contributed by atoms with Crippen LogP contribution in [0.1, 0.15) is 37.8 Å². The molecule has 1 fully saturated rings. The van der Waals surface area contributed by atoms with E-state index in [0.29, 0.717) is 22.8 Å². The predicted octanol–water partition coefficient (Wildman–Crippen LogP) is 3.87. The highest BCUT2D eigenvalue weighted by Crippen LogP contribution is 2.31. The smallest absolute Gasteiger partial charge is 0.244 e. The van der Waals surface area contributed by atoms with E-state index in [2.05, 4.69) is 20.0 Å². The predicted molar refractivity (Wildman–Crippen MR) is 122 cm³/mol. The number of ether oxygens (including phenoxy) is 1. The zero-order chi connectivity index (χ0) is 22.3. The van der Waals surface area contributed by atoms with Gasteiger partial charge in [-0.1, -0.05) is 43.5 Å². The summed E-state index contributed by atoms with van der Waals surface area (Å²) in [7, 11) is -2.29. The van der Waals surface area contributed by atoms with Crippen molar-refractivity contribution in [2.24, 2.45) is 0 Å². The lowest BCUT2D eigenvalue weighted by Crippen LogP contribution is -2.36. The van der Waals surface area contributed by atoms with Crippen LogP contribution in [0, 0.1) is 6.92 Å². The molecule has 0 aliphatic heterocycles. The summed E-state index contributed by atoms with van der Waals surface area (Å²) in [5, 5.41) is 15.3. The van der Waals surface area contributed by atoms with E-state index in [9.17, 15) is 8.42 Å². The van der Waals surface area contributed by atoms with Crippen molar-refractivity contribution in [2.75, 3.05) is 7.11 Å². The van der Waals surface area contributed by atoms with Gasteiger partial charge in [-0.25, -0.2) is 13.1 Å². The van der Waals surface area contributed by atoms with Crippen molar-refractivity contribution in [3.05, 3.63) is 48.2 Å². The van der Waals surface area contributed by atoms with Gasteiger partial charge in [-0.15, -0.1) is 10.2 Å². The van der Waals surface area contributed by atoms with E-state index in [1.807, 2.05) is 31.2 Å². The summed E-state index contributed by atoms with van der Waals surface area (Å²) in [4.78, 5) is 0.0948. The lowest BCUT2D eigenvalue weighted by atomic mass is 9.96. The number of benzene rings is 2. The lowest BCUT2D eigenvalue weighted by Gasteiger charge is -2.23. The van der Waals surface area contributed by atoms with Crippen molar-refractivity contribution in [1.82, 2.24) is 24.5 Å². The first-order chi connectivity index (χ1) is 15.5. The average molecular weight is 452 g/mol. The molecule has 0 spiro atoms. The second-order valence-corrected chi connectivity index (χ2v) is 9.89. The minimum Gasteiger partial charge on any atom is -0.495 e. The van der Waals surface area contributed by atoms with Gasteiger partial charge in [0.1, 0.15) is 10.6 Å². The van der Waals surface area contributed by atoms with Gasteiger partial charge >= 0.3 is 0 Å². The summed E-state index contributed by atoms with van der Waals surface area (Å²) in [5.74, 6) is 0.770. The van der Waals surface area contributed by atoms with Crippen LogP contribution in [-0.2, 0) is 10.0 Å². The van der Waals surface area contributed by atoms with Crippen molar-refractivity contribution >= 4 is 26.4 Å². The Hall–Kier alpha value is -3.04. The Kier molecular flexibility index (Phi) is 5.30. The third-order valence-corrected chi connectivity index (χ3v) is 7.63. The molecule has 1 saturated carbocycles. The molecule has 32 heavy (non-hydrogen) atoms. The van der Waals surface area contributed by atoms with Crippen molar-refractivity contribution in [2.45, 2.75) is 50.0 Å². The van der Waals surface area contributed by atoms with Gasteiger partial charge in [0.25, 0.3) is 0 Å². The molecule has 1 aliphatic carbocycles. The van der Waals surface area contributed by atoms with E-state index >= 15 is 0 Å². The van der Waals surface area contributed by atoms with Crippen LogP contribution in [0.3, 0.4) is 0 Å². The summed E-state index contributed by atoms with van der Waals surface area (Å²) < 4.78 is 36.4. The number of rotatable bonds is 5. The number of aromatic nitrogens is 4. The van der Waals surface area contributed by atoms with E-state index < -0.39 is 10.0 Å². The van der Waals surface area contributed by atoms with Gasteiger partial charge in [0.2, 0.25) is 10.0 Å². The number of fused-ring (bicyclic) bond motifs is 3. The van der Waals surface area contributed by atoms with Crippen LogP contribution in [0.2, 0.25) is 0 Å². The quantitative estimate of drug-likeness (QED) is 0.495. The van der Waals surface area contributed by atoms with E-state index in [4.69, 9.17) is 4.74 Å². The van der Waals surface area contributed by atoms with Crippen LogP contribution in [0.15, 0.2) is 47.4 Å². The molecular weight excluding hydrogens is 426 g/mol. The molecule has 0 unspecified atom stereocenters. The largest absolute Gasteiger partial charge is 0.495 e. The molecular formula is C23H25N5O3S. The first-order valence-corrected chi connectivity index (χ1v) is 12.3. The van der Waals surface area contributed by atoms with Gasteiger partial charge < -0.3 is 4.74 Å². The molecule has 4 aromatic rings. The Morgan fingerprint density at radius 3 is 2.53 bits per heavy atom. The molecule has 5 rings (SSSR count). The maximum Gasteiger partial charge on any atom is 0.244 e. The molecule has 0 bridgehead atoms. The van der Waals surface area contributed by atoms with E-state index in [0.717, 1.165) is 48.6 Å². The fraction of sp³-hybridized carbons (Fsp3) is 0.348. The Bertz CT molecular complexity index is 1410. The SMILES string of the molecule is COc1ccc(-c2nnc3c4ccccc4c(C)nn23)cc1S(=O)(=O)NC1CCCCC1. The number of methoxy groups -OCH3 is 1. The molecule has 2 heterocycles. The van der Waals surface area contributed by atoms with Crippen LogP contribution in [0.5, 0.6) is 5.75 Å². The molecule has 1 N–H and O–H groups in total. The van der Waals surface area contributed by atoms with E-state index in [1.165, 1.54) is 7.11 Å². The first-order valence-electron chi connectivity index (χ1n) is 10.8.